The molecule has 0 N–H and O–H groups in total. The topological polar surface area (TPSA) is 41.9 Å². The predicted molar refractivity (Wildman–Crippen MR) is 92.3 cm³/mol. The Labute approximate surface area is 140 Å². The Morgan fingerprint density at radius 3 is 2.61 bits per heavy atom. The van der Waals surface area contributed by atoms with Crippen molar-refractivity contribution >= 4 is 11.6 Å². The molecular weight excluding hydrogens is 288 g/mol. The minimum Gasteiger partial charge on any atom is -0.389 e. The number of piperidine rings is 1. The quantitative estimate of drug-likeness (QED) is 0.781. The van der Waals surface area contributed by atoms with Crippen LogP contribution in [0.1, 0.15) is 78.1 Å². The van der Waals surface area contributed by atoms with Gasteiger partial charge >= 0.3 is 0 Å². The summed E-state index contributed by atoms with van der Waals surface area (Å²) in [5.41, 5.74) is 1.21. The SMILES string of the molecule is CC(C)CCC(=O)N1CCC2(CC1)CC(C1CCCCC1)=NO2. The summed E-state index contributed by atoms with van der Waals surface area (Å²) in [6.07, 6.45) is 11.2. The van der Waals surface area contributed by atoms with Crippen molar-refractivity contribution in [3.8, 4) is 0 Å². The zero-order valence-electron chi connectivity index (χ0n) is 14.9. The molecular formula is C19H32N2O2. The number of carbonyl (C=O) groups is 1. The highest BCUT2D eigenvalue weighted by molar-refractivity contribution is 5.88. The number of likely N-dealkylation sites (tertiary alicyclic amines) is 1. The summed E-state index contributed by atoms with van der Waals surface area (Å²) in [6, 6.07) is 0. The molecule has 3 aliphatic rings. The standard InChI is InChI=1S/C19H32N2O2/c1-15(2)8-9-18(22)21-12-10-19(11-13-21)14-17(20-23-19)16-6-4-3-5-7-16/h15-16H,3-14H2,1-2H3. The van der Waals surface area contributed by atoms with Gasteiger partial charge in [-0.3, -0.25) is 4.79 Å². The van der Waals surface area contributed by atoms with Crippen LogP contribution in [0.2, 0.25) is 0 Å². The van der Waals surface area contributed by atoms with Gasteiger partial charge in [0.25, 0.3) is 0 Å². The first kappa shape index (κ1) is 16.8. The molecule has 1 saturated carbocycles. The van der Waals surface area contributed by atoms with Gasteiger partial charge in [-0.15, -0.1) is 0 Å². The number of hydrogen-bond acceptors (Lipinski definition) is 3. The van der Waals surface area contributed by atoms with E-state index in [1.54, 1.807) is 0 Å². The molecule has 0 aromatic rings. The molecule has 0 aromatic heterocycles. The van der Waals surface area contributed by atoms with Crippen LogP contribution in [0.5, 0.6) is 0 Å². The maximum atomic E-state index is 12.3. The molecule has 0 bridgehead atoms. The van der Waals surface area contributed by atoms with Gasteiger partial charge in [0, 0.05) is 44.7 Å². The maximum Gasteiger partial charge on any atom is 0.222 e. The van der Waals surface area contributed by atoms with Crippen LogP contribution in [0, 0.1) is 11.8 Å². The molecule has 0 unspecified atom stereocenters. The smallest absolute Gasteiger partial charge is 0.222 e. The molecule has 23 heavy (non-hydrogen) atoms. The summed E-state index contributed by atoms with van der Waals surface area (Å²) in [6.45, 7) is 6.03. The van der Waals surface area contributed by atoms with Gasteiger partial charge in [0.2, 0.25) is 5.91 Å². The van der Waals surface area contributed by atoms with Crippen molar-refractivity contribution in [2.45, 2.75) is 83.7 Å². The summed E-state index contributed by atoms with van der Waals surface area (Å²) >= 11 is 0. The third kappa shape index (κ3) is 4.07. The Kier molecular flexibility index (Phi) is 5.27. The van der Waals surface area contributed by atoms with Gasteiger partial charge in [-0.2, -0.15) is 0 Å². The highest BCUT2D eigenvalue weighted by Crippen LogP contribution is 2.39. The summed E-state index contributed by atoms with van der Waals surface area (Å²) in [4.78, 5) is 20.2. The Morgan fingerprint density at radius 2 is 1.96 bits per heavy atom. The van der Waals surface area contributed by atoms with Crippen molar-refractivity contribution in [1.82, 2.24) is 4.90 Å². The van der Waals surface area contributed by atoms with Crippen LogP contribution in [-0.2, 0) is 9.63 Å². The lowest BCUT2D eigenvalue weighted by Crippen LogP contribution is -2.47. The van der Waals surface area contributed by atoms with E-state index in [-0.39, 0.29) is 5.60 Å². The largest absolute Gasteiger partial charge is 0.389 e. The van der Waals surface area contributed by atoms with Crippen molar-refractivity contribution in [3.05, 3.63) is 0 Å². The number of rotatable bonds is 4. The van der Waals surface area contributed by atoms with Gasteiger partial charge in [-0.05, 0) is 25.2 Å². The van der Waals surface area contributed by atoms with Gasteiger partial charge < -0.3 is 9.74 Å². The third-order valence-corrected chi connectivity index (χ3v) is 5.90. The van der Waals surface area contributed by atoms with E-state index >= 15 is 0 Å². The predicted octanol–water partition coefficient (Wildman–Crippen LogP) is 4.14. The fourth-order valence-electron chi connectivity index (χ4n) is 4.21. The molecule has 4 heteroatoms. The minimum atomic E-state index is -0.0956. The first-order valence-corrected chi connectivity index (χ1v) is 9.61. The molecule has 4 nitrogen and oxygen atoms in total. The van der Waals surface area contributed by atoms with Crippen molar-refractivity contribution < 1.29 is 9.63 Å². The van der Waals surface area contributed by atoms with Gasteiger partial charge in [-0.1, -0.05) is 38.3 Å². The summed E-state index contributed by atoms with van der Waals surface area (Å²) in [5, 5.41) is 4.48. The van der Waals surface area contributed by atoms with E-state index in [9.17, 15) is 4.79 Å². The van der Waals surface area contributed by atoms with Gasteiger partial charge in [0.15, 0.2) is 0 Å². The Morgan fingerprint density at radius 1 is 1.26 bits per heavy atom. The van der Waals surface area contributed by atoms with Crippen LogP contribution >= 0.6 is 0 Å². The molecule has 0 aromatic carbocycles. The first-order chi connectivity index (χ1) is 11.1. The molecule has 3 rings (SSSR count). The van der Waals surface area contributed by atoms with Gasteiger partial charge in [0.05, 0.1) is 5.71 Å². The minimum absolute atomic E-state index is 0.0956. The summed E-state index contributed by atoms with van der Waals surface area (Å²) in [7, 11) is 0. The van der Waals surface area contributed by atoms with Crippen molar-refractivity contribution in [3.63, 3.8) is 0 Å². The zero-order chi connectivity index (χ0) is 16.3. The van der Waals surface area contributed by atoms with E-state index < -0.39 is 0 Å². The molecule has 1 amide bonds. The van der Waals surface area contributed by atoms with Crippen molar-refractivity contribution in [2.75, 3.05) is 13.1 Å². The van der Waals surface area contributed by atoms with Crippen LogP contribution < -0.4 is 0 Å². The molecule has 2 fully saturated rings. The van der Waals surface area contributed by atoms with E-state index in [1.807, 2.05) is 4.90 Å². The number of nitrogens with zero attached hydrogens (tertiary/aromatic N) is 2. The second-order valence-corrected chi connectivity index (χ2v) is 8.18. The highest BCUT2D eigenvalue weighted by atomic mass is 16.7. The summed E-state index contributed by atoms with van der Waals surface area (Å²) in [5.74, 6) is 1.58. The highest BCUT2D eigenvalue weighted by Gasteiger charge is 2.44. The second-order valence-electron chi connectivity index (χ2n) is 8.18. The molecule has 1 aliphatic carbocycles. The van der Waals surface area contributed by atoms with Gasteiger partial charge in [-0.25, -0.2) is 0 Å². The number of oxime groups is 1. The normalized spacial score (nSPS) is 24.8. The van der Waals surface area contributed by atoms with Gasteiger partial charge in [0.1, 0.15) is 5.60 Å². The van der Waals surface area contributed by atoms with Crippen LogP contribution in [0.15, 0.2) is 5.16 Å². The molecule has 0 radical (unpaired) electrons. The Hall–Kier alpha value is -1.06. The van der Waals surface area contributed by atoms with Crippen LogP contribution in [0.4, 0.5) is 0 Å². The van der Waals surface area contributed by atoms with E-state index in [4.69, 9.17) is 4.84 Å². The molecule has 130 valence electrons. The van der Waals surface area contributed by atoms with Crippen molar-refractivity contribution in [2.24, 2.45) is 17.0 Å². The van der Waals surface area contributed by atoms with Crippen LogP contribution in [0.3, 0.4) is 0 Å². The number of amides is 1. The zero-order valence-corrected chi connectivity index (χ0v) is 14.9. The van der Waals surface area contributed by atoms with E-state index in [2.05, 4.69) is 19.0 Å². The molecule has 1 saturated heterocycles. The average Bonchev–Trinajstić information content (AvgIpc) is 2.98. The lowest BCUT2D eigenvalue weighted by Gasteiger charge is -2.37. The monoisotopic (exact) mass is 320 g/mol. The molecule has 2 heterocycles. The van der Waals surface area contributed by atoms with Crippen molar-refractivity contribution in [1.29, 1.82) is 0 Å². The summed E-state index contributed by atoms with van der Waals surface area (Å²) < 4.78 is 0. The number of carbonyl (C=O) groups excluding carboxylic acids is 1. The maximum absolute atomic E-state index is 12.3. The fourth-order valence-corrected chi connectivity index (χ4v) is 4.21. The first-order valence-electron chi connectivity index (χ1n) is 9.61. The van der Waals surface area contributed by atoms with E-state index in [0.717, 1.165) is 38.8 Å². The third-order valence-electron chi connectivity index (χ3n) is 5.90. The van der Waals surface area contributed by atoms with E-state index in [1.165, 1.54) is 37.8 Å². The van der Waals surface area contributed by atoms with Crippen LogP contribution in [0.25, 0.3) is 0 Å². The van der Waals surface area contributed by atoms with E-state index in [0.29, 0.717) is 24.2 Å². The lowest BCUT2D eigenvalue weighted by molar-refractivity contribution is -0.137. The average molecular weight is 320 g/mol. The fraction of sp³-hybridized carbons (Fsp3) is 0.895. The van der Waals surface area contributed by atoms with Crippen LogP contribution in [-0.4, -0.2) is 35.2 Å². The second kappa shape index (κ2) is 7.23. The Bertz CT molecular complexity index is 444. The molecule has 1 spiro atoms. The number of hydrogen-bond donors (Lipinski definition) is 0. The lowest BCUT2D eigenvalue weighted by atomic mass is 9.79. The molecule has 2 aliphatic heterocycles. The Balaban J connectivity index is 1.47. The molecule has 0 atom stereocenters.